The second kappa shape index (κ2) is 5.35. The fourth-order valence-electron chi connectivity index (χ4n) is 1.75. The van der Waals surface area contributed by atoms with Crippen LogP contribution in [-0.4, -0.2) is 23.0 Å². The number of benzene rings is 1. The Morgan fingerprint density at radius 1 is 1.30 bits per heavy atom. The molecule has 0 saturated heterocycles. The first-order chi connectivity index (χ1) is 9.54. The summed E-state index contributed by atoms with van der Waals surface area (Å²) in [6.45, 7) is 0. The zero-order valence-electron chi connectivity index (χ0n) is 10.6. The molecule has 0 aliphatic rings. The normalized spacial score (nSPS) is 10.1. The summed E-state index contributed by atoms with van der Waals surface area (Å²) in [5, 5.41) is 11.0. The van der Waals surface area contributed by atoms with Crippen LogP contribution in [0.5, 0.6) is 0 Å². The van der Waals surface area contributed by atoms with Gasteiger partial charge in [-0.15, -0.1) is 0 Å². The lowest BCUT2D eigenvalue weighted by molar-refractivity contribution is -0.383. The SMILES string of the molecule is COC(=O)c1ccc(-c2nccc(N)c2[N+](=O)[O-])cc1. The zero-order chi connectivity index (χ0) is 14.7. The summed E-state index contributed by atoms with van der Waals surface area (Å²) in [5.41, 5.74) is 6.40. The van der Waals surface area contributed by atoms with Gasteiger partial charge in [0, 0.05) is 11.8 Å². The highest BCUT2D eigenvalue weighted by atomic mass is 16.6. The molecule has 0 bridgehead atoms. The van der Waals surface area contributed by atoms with Crippen molar-refractivity contribution in [1.29, 1.82) is 0 Å². The minimum absolute atomic E-state index is 0.0389. The van der Waals surface area contributed by atoms with E-state index < -0.39 is 10.9 Å². The molecule has 7 nitrogen and oxygen atoms in total. The van der Waals surface area contributed by atoms with Crippen molar-refractivity contribution < 1.29 is 14.5 Å². The van der Waals surface area contributed by atoms with E-state index in [0.29, 0.717) is 11.1 Å². The second-order valence-electron chi connectivity index (χ2n) is 3.92. The smallest absolute Gasteiger partial charge is 0.337 e. The molecule has 2 aromatic rings. The van der Waals surface area contributed by atoms with Gasteiger partial charge in [0.25, 0.3) is 0 Å². The average molecular weight is 273 g/mol. The summed E-state index contributed by atoms with van der Waals surface area (Å²) >= 11 is 0. The molecule has 0 atom stereocenters. The topological polar surface area (TPSA) is 108 Å². The lowest BCUT2D eigenvalue weighted by Crippen LogP contribution is -2.02. The summed E-state index contributed by atoms with van der Waals surface area (Å²) in [4.78, 5) is 25.8. The first-order valence-electron chi connectivity index (χ1n) is 5.62. The molecule has 0 fully saturated rings. The van der Waals surface area contributed by atoms with Gasteiger partial charge in [-0.2, -0.15) is 0 Å². The van der Waals surface area contributed by atoms with Crippen molar-refractivity contribution in [2.75, 3.05) is 12.8 Å². The van der Waals surface area contributed by atoms with Gasteiger partial charge in [-0.25, -0.2) is 9.78 Å². The number of carbonyl (C=O) groups is 1. The fourth-order valence-corrected chi connectivity index (χ4v) is 1.75. The Kier molecular flexibility index (Phi) is 3.60. The number of nitrogens with two attached hydrogens (primary N) is 1. The second-order valence-corrected chi connectivity index (χ2v) is 3.92. The van der Waals surface area contributed by atoms with E-state index >= 15 is 0 Å². The highest BCUT2D eigenvalue weighted by molar-refractivity contribution is 5.90. The molecular formula is C13H11N3O4. The number of carbonyl (C=O) groups excluding carboxylic acids is 1. The van der Waals surface area contributed by atoms with Crippen molar-refractivity contribution >= 4 is 17.3 Å². The summed E-state index contributed by atoms with van der Waals surface area (Å²) in [6.07, 6.45) is 1.39. The number of methoxy groups -OCH3 is 1. The summed E-state index contributed by atoms with van der Waals surface area (Å²) in [7, 11) is 1.28. The number of nitro groups is 1. The minimum atomic E-state index is -0.577. The van der Waals surface area contributed by atoms with Crippen LogP contribution in [0, 0.1) is 10.1 Å². The highest BCUT2D eigenvalue weighted by Crippen LogP contribution is 2.32. The number of hydrogen-bond donors (Lipinski definition) is 1. The van der Waals surface area contributed by atoms with Crippen molar-refractivity contribution in [2.45, 2.75) is 0 Å². The maximum atomic E-state index is 11.3. The molecule has 0 aliphatic carbocycles. The predicted molar refractivity (Wildman–Crippen MR) is 72.1 cm³/mol. The van der Waals surface area contributed by atoms with E-state index in [-0.39, 0.29) is 17.1 Å². The Bertz CT molecular complexity index is 668. The number of ether oxygens (including phenoxy) is 1. The monoisotopic (exact) mass is 273 g/mol. The summed E-state index contributed by atoms with van der Waals surface area (Å²) in [5.74, 6) is -0.480. The minimum Gasteiger partial charge on any atom is -0.465 e. The summed E-state index contributed by atoms with van der Waals surface area (Å²) in [6, 6.07) is 7.50. The lowest BCUT2D eigenvalue weighted by atomic mass is 10.1. The van der Waals surface area contributed by atoms with E-state index in [4.69, 9.17) is 5.73 Å². The Balaban J connectivity index is 2.50. The molecule has 0 unspecified atom stereocenters. The molecule has 1 aromatic heterocycles. The molecule has 0 spiro atoms. The molecule has 0 saturated carbocycles. The molecule has 0 radical (unpaired) electrons. The fraction of sp³-hybridized carbons (Fsp3) is 0.0769. The van der Waals surface area contributed by atoms with Gasteiger partial charge in [-0.1, -0.05) is 12.1 Å². The van der Waals surface area contributed by atoms with Crippen LogP contribution in [0.1, 0.15) is 10.4 Å². The van der Waals surface area contributed by atoms with Crippen LogP contribution >= 0.6 is 0 Å². The van der Waals surface area contributed by atoms with Crippen molar-refractivity contribution in [1.82, 2.24) is 4.98 Å². The molecule has 102 valence electrons. The Morgan fingerprint density at radius 2 is 1.95 bits per heavy atom. The third kappa shape index (κ3) is 2.41. The number of rotatable bonds is 3. The van der Waals surface area contributed by atoms with Gasteiger partial charge in [0.2, 0.25) is 0 Å². The van der Waals surface area contributed by atoms with E-state index in [2.05, 4.69) is 9.72 Å². The van der Waals surface area contributed by atoms with Crippen molar-refractivity contribution in [3.05, 3.63) is 52.2 Å². The first kappa shape index (κ1) is 13.5. The molecule has 1 aromatic carbocycles. The van der Waals surface area contributed by atoms with Crippen LogP contribution < -0.4 is 5.73 Å². The maximum absolute atomic E-state index is 11.3. The summed E-state index contributed by atoms with van der Waals surface area (Å²) < 4.78 is 4.58. The average Bonchev–Trinajstić information content (AvgIpc) is 2.46. The molecule has 0 aliphatic heterocycles. The number of anilines is 1. The van der Waals surface area contributed by atoms with Crippen LogP contribution in [0.25, 0.3) is 11.3 Å². The highest BCUT2D eigenvalue weighted by Gasteiger charge is 2.20. The number of nitrogens with zero attached hydrogens (tertiary/aromatic N) is 2. The van der Waals surface area contributed by atoms with Crippen molar-refractivity contribution in [2.24, 2.45) is 0 Å². The third-order valence-electron chi connectivity index (χ3n) is 2.72. The van der Waals surface area contributed by atoms with Gasteiger partial charge >= 0.3 is 11.7 Å². The van der Waals surface area contributed by atoms with Gasteiger partial charge in [-0.05, 0) is 18.2 Å². The van der Waals surface area contributed by atoms with Crippen LogP contribution in [0.3, 0.4) is 0 Å². The number of nitrogen functional groups attached to an aromatic ring is 1. The Morgan fingerprint density at radius 3 is 2.50 bits per heavy atom. The van der Waals surface area contributed by atoms with Gasteiger partial charge < -0.3 is 10.5 Å². The number of pyridine rings is 1. The van der Waals surface area contributed by atoms with Crippen LogP contribution in [0.4, 0.5) is 11.4 Å². The molecular weight excluding hydrogens is 262 g/mol. The van der Waals surface area contributed by atoms with Crippen molar-refractivity contribution in [3.8, 4) is 11.3 Å². The Hall–Kier alpha value is -2.96. The number of aromatic nitrogens is 1. The van der Waals surface area contributed by atoms with E-state index in [1.807, 2.05) is 0 Å². The van der Waals surface area contributed by atoms with E-state index in [1.165, 1.54) is 31.5 Å². The first-order valence-corrected chi connectivity index (χ1v) is 5.62. The van der Waals surface area contributed by atoms with Gasteiger partial charge in [0.15, 0.2) is 0 Å². The molecule has 0 amide bonds. The van der Waals surface area contributed by atoms with Gasteiger partial charge in [0.05, 0.1) is 17.6 Å². The number of hydrogen-bond acceptors (Lipinski definition) is 6. The van der Waals surface area contributed by atoms with Crippen LogP contribution in [0.15, 0.2) is 36.5 Å². The maximum Gasteiger partial charge on any atom is 0.337 e. The number of esters is 1. The lowest BCUT2D eigenvalue weighted by Gasteiger charge is -2.05. The van der Waals surface area contributed by atoms with E-state index in [9.17, 15) is 14.9 Å². The quantitative estimate of drug-likeness (QED) is 0.520. The zero-order valence-corrected chi connectivity index (χ0v) is 10.6. The van der Waals surface area contributed by atoms with Crippen molar-refractivity contribution in [3.63, 3.8) is 0 Å². The van der Waals surface area contributed by atoms with Gasteiger partial charge in [-0.3, -0.25) is 10.1 Å². The Labute approximate surface area is 114 Å². The standard InChI is InChI=1S/C13H11N3O4/c1-20-13(17)9-4-2-8(3-5-9)11-12(16(18)19)10(14)6-7-15-11/h2-7H,1H3,(H2,14,15). The molecule has 7 heteroatoms. The van der Waals surface area contributed by atoms with Crippen LogP contribution in [-0.2, 0) is 4.74 Å². The van der Waals surface area contributed by atoms with Gasteiger partial charge in [0.1, 0.15) is 11.4 Å². The molecule has 20 heavy (non-hydrogen) atoms. The van der Waals surface area contributed by atoms with E-state index in [1.54, 1.807) is 12.1 Å². The van der Waals surface area contributed by atoms with Crippen LogP contribution in [0.2, 0.25) is 0 Å². The molecule has 2 rings (SSSR count). The largest absolute Gasteiger partial charge is 0.465 e. The molecule has 2 N–H and O–H groups in total. The predicted octanol–water partition coefficient (Wildman–Crippen LogP) is 2.03. The van der Waals surface area contributed by atoms with E-state index in [0.717, 1.165) is 0 Å². The third-order valence-corrected chi connectivity index (χ3v) is 2.72. The molecule has 1 heterocycles.